The fraction of sp³-hybridized carbons (Fsp3) is 0.500. The molecule has 1 saturated heterocycles. The molecule has 1 atom stereocenters. The minimum Gasteiger partial charge on any atom is -0.497 e. The summed E-state index contributed by atoms with van der Waals surface area (Å²) in [6, 6.07) is 8.22. The summed E-state index contributed by atoms with van der Waals surface area (Å²) in [5.74, 6) is 2.11. The lowest BCUT2D eigenvalue weighted by atomic mass is 10.1. The van der Waals surface area contributed by atoms with Crippen molar-refractivity contribution in [1.82, 2.24) is 15.0 Å². The van der Waals surface area contributed by atoms with Crippen LogP contribution in [0.2, 0.25) is 0 Å². The van der Waals surface area contributed by atoms with E-state index in [0.29, 0.717) is 18.3 Å². The number of hydrogen-bond donors (Lipinski definition) is 0. The number of morpholine rings is 1. The van der Waals surface area contributed by atoms with Crippen LogP contribution in [0.4, 0.5) is 0 Å². The summed E-state index contributed by atoms with van der Waals surface area (Å²) in [5.41, 5.74) is 1.30. The van der Waals surface area contributed by atoms with Gasteiger partial charge in [-0.15, -0.1) is 0 Å². The van der Waals surface area contributed by atoms with Gasteiger partial charge in [-0.25, -0.2) is 0 Å². The maximum absolute atomic E-state index is 5.75. The molecule has 2 heterocycles. The van der Waals surface area contributed by atoms with E-state index in [1.807, 2.05) is 12.1 Å². The van der Waals surface area contributed by atoms with Crippen LogP contribution in [0.15, 0.2) is 28.8 Å². The highest BCUT2D eigenvalue weighted by Gasteiger charge is 2.25. The van der Waals surface area contributed by atoms with Crippen molar-refractivity contribution in [2.24, 2.45) is 0 Å². The van der Waals surface area contributed by atoms with Gasteiger partial charge >= 0.3 is 0 Å². The molecule has 0 N–H and O–H groups in total. The first kappa shape index (κ1) is 15.0. The van der Waals surface area contributed by atoms with E-state index in [1.54, 1.807) is 14.0 Å². The molecule has 0 radical (unpaired) electrons. The second kappa shape index (κ2) is 6.89. The number of aromatic nitrogens is 2. The summed E-state index contributed by atoms with van der Waals surface area (Å²) in [4.78, 5) is 6.64. The Bertz CT molecular complexity index is 597. The third-order valence-corrected chi connectivity index (χ3v) is 3.86. The molecule has 0 spiro atoms. The van der Waals surface area contributed by atoms with Gasteiger partial charge in [-0.2, -0.15) is 4.98 Å². The van der Waals surface area contributed by atoms with Crippen molar-refractivity contribution in [3.8, 4) is 5.75 Å². The molecule has 3 rings (SSSR count). The van der Waals surface area contributed by atoms with Gasteiger partial charge in [0.15, 0.2) is 0 Å². The molecule has 0 amide bonds. The Balaban J connectivity index is 1.53. The second-order valence-electron chi connectivity index (χ2n) is 5.43. The first-order valence-corrected chi connectivity index (χ1v) is 7.51. The Kier molecular flexibility index (Phi) is 4.70. The standard InChI is InChI=1S/C16H21N3O3/c1-12-17-16(18-22-12)15-11-19(9-10-21-15)8-7-13-3-5-14(20-2)6-4-13/h3-6,15H,7-11H2,1-2H3/t15-/m0/s1. The summed E-state index contributed by atoms with van der Waals surface area (Å²) in [5, 5.41) is 3.96. The Morgan fingerprint density at radius 1 is 1.32 bits per heavy atom. The highest BCUT2D eigenvalue weighted by molar-refractivity contribution is 5.27. The van der Waals surface area contributed by atoms with E-state index in [4.69, 9.17) is 14.0 Å². The van der Waals surface area contributed by atoms with Crippen molar-refractivity contribution >= 4 is 0 Å². The molecule has 1 aromatic heterocycles. The first-order chi connectivity index (χ1) is 10.7. The van der Waals surface area contributed by atoms with Crippen LogP contribution in [0.5, 0.6) is 5.75 Å². The molecular formula is C16H21N3O3. The van der Waals surface area contributed by atoms with Crippen molar-refractivity contribution in [2.45, 2.75) is 19.4 Å². The normalized spacial score (nSPS) is 19.3. The molecule has 1 aliphatic heterocycles. The van der Waals surface area contributed by atoms with Crippen LogP contribution in [0.1, 0.15) is 23.4 Å². The van der Waals surface area contributed by atoms with Crippen molar-refractivity contribution in [3.63, 3.8) is 0 Å². The summed E-state index contributed by atoms with van der Waals surface area (Å²) in [7, 11) is 1.68. The van der Waals surface area contributed by atoms with Gasteiger partial charge in [0.25, 0.3) is 0 Å². The van der Waals surface area contributed by atoms with E-state index in [1.165, 1.54) is 5.56 Å². The van der Waals surface area contributed by atoms with Crippen LogP contribution < -0.4 is 4.74 Å². The van der Waals surface area contributed by atoms with E-state index in [9.17, 15) is 0 Å². The smallest absolute Gasteiger partial charge is 0.223 e. The zero-order valence-corrected chi connectivity index (χ0v) is 13.0. The molecule has 1 aliphatic rings. The van der Waals surface area contributed by atoms with Crippen molar-refractivity contribution in [2.75, 3.05) is 33.4 Å². The average Bonchev–Trinajstić information content (AvgIpc) is 3.00. The summed E-state index contributed by atoms with van der Waals surface area (Å²) >= 11 is 0. The number of rotatable bonds is 5. The minimum atomic E-state index is -0.0953. The minimum absolute atomic E-state index is 0.0953. The van der Waals surface area contributed by atoms with Gasteiger partial charge in [-0.3, -0.25) is 4.90 Å². The fourth-order valence-electron chi connectivity index (χ4n) is 2.59. The number of hydrogen-bond acceptors (Lipinski definition) is 6. The highest BCUT2D eigenvalue weighted by atomic mass is 16.5. The van der Waals surface area contributed by atoms with Gasteiger partial charge in [-0.05, 0) is 24.1 Å². The molecule has 1 fully saturated rings. The Labute approximate surface area is 130 Å². The summed E-state index contributed by atoms with van der Waals surface area (Å²) in [6.07, 6.45) is 0.907. The Morgan fingerprint density at radius 3 is 2.82 bits per heavy atom. The van der Waals surface area contributed by atoms with Gasteiger partial charge < -0.3 is 14.0 Å². The number of benzene rings is 1. The number of methoxy groups -OCH3 is 1. The number of ether oxygens (including phenoxy) is 2. The van der Waals surface area contributed by atoms with Gasteiger partial charge in [0, 0.05) is 26.6 Å². The Morgan fingerprint density at radius 2 is 2.14 bits per heavy atom. The number of aryl methyl sites for hydroxylation is 1. The zero-order valence-electron chi connectivity index (χ0n) is 13.0. The highest BCUT2D eigenvalue weighted by Crippen LogP contribution is 2.20. The average molecular weight is 303 g/mol. The lowest BCUT2D eigenvalue weighted by molar-refractivity contribution is -0.0347. The molecular weight excluding hydrogens is 282 g/mol. The lowest BCUT2D eigenvalue weighted by Gasteiger charge is -2.31. The van der Waals surface area contributed by atoms with E-state index in [2.05, 4.69) is 27.2 Å². The molecule has 0 aliphatic carbocycles. The quantitative estimate of drug-likeness (QED) is 0.842. The van der Waals surface area contributed by atoms with Crippen LogP contribution >= 0.6 is 0 Å². The number of nitrogens with zero attached hydrogens (tertiary/aromatic N) is 3. The first-order valence-electron chi connectivity index (χ1n) is 7.51. The van der Waals surface area contributed by atoms with Crippen molar-refractivity contribution < 1.29 is 14.0 Å². The molecule has 0 bridgehead atoms. The maximum atomic E-state index is 5.75. The SMILES string of the molecule is COc1ccc(CCN2CCO[C@H](c3noc(C)n3)C2)cc1. The maximum Gasteiger partial charge on any atom is 0.223 e. The fourth-order valence-corrected chi connectivity index (χ4v) is 2.59. The molecule has 0 unspecified atom stereocenters. The van der Waals surface area contributed by atoms with Crippen LogP contribution in [0.3, 0.4) is 0 Å². The van der Waals surface area contributed by atoms with Crippen molar-refractivity contribution in [3.05, 3.63) is 41.5 Å². The largest absolute Gasteiger partial charge is 0.497 e. The molecule has 6 nitrogen and oxygen atoms in total. The molecule has 22 heavy (non-hydrogen) atoms. The van der Waals surface area contributed by atoms with Gasteiger partial charge in [0.05, 0.1) is 13.7 Å². The third kappa shape index (κ3) is 3.64. The molecule has 1 aromatic carbocycles. The zero-order chi connectivity index (χ0) is 15.4. The predicted molar refractivity (Wildman–Crippen MR) is 80.9 cm³/mol. The predicted octanol–water partition coefficient (Wildman–Crippen LogP) is 2.00. The van der Waals surface area contributed by atoms with Gasteiger partial charge in [-0.1, -0.05) is 17.3 Å². The monoisotopic (exact) mass is 303 g/mol. The molecule has 0 saturated carbocycles. The van der Waals surface area contributed by atoms with Crippen LogP contribution in [-0.2, 0) is 11.2 Å². The van der Waals surface area contributed by atoms with E-state index in [0.717, 1.165) is 31.8 Å². The third-order valence-electron chi connectivity index (χ3n) is 3.86. The van der Waals surface area contributed by atoms with E-state index >= 15 is 0 Å². The molecule has 2 aromatic rings. The van der Waals surface area contributed by atoms with Crippen LogP contribution in [0, 0.1) is 6.92 Å². The summed E-state index contributed by atoms with van der Waals surface area (Å²) in [6.45, 7) is 5.21. The second-order valence-corrected chi connectivity index (χ2v) is 5.43. The molecule has 118 valence electrons. The molecule has 6 heteroatoms. The Hall–Kier alpha value is -1.92. The van der Waals surface area contributed by atoms with Crippen LogP contribution in [-0.4, -0.2) is 48.4 Å². The topological polar surface area (TPSA) is 60.6 Å². The lowest BCUT2D eigenvalue weighted by Crippen LogP contribution is -2.39. The van der Waals surface area contributed by atoms with Crippen LogP contribution in [0.25, 0.3) is 0 Å². The van der Waals surface area contributed by atoms with Gasteiger partial charge in [0.2, 0.25) is 11.7 Å². The van der Waals surface area contributed by atoms with Gasteiger partial charge in [0.1, 0.15) is 11.9 Å². The van der Waals surface area contributed by atoms with Crippen molar-refractivity contribution in [1.29, 1.82) is 0 Å². The van der Waals surface area contributed by atoms with E-state index < -0.39 is 0 Å². The van der Waals surface area contributed by atoms with E-state index in [-0.39, 0.29) is 6.10 Å². The summed E-state index contributed by atoms with van der Waals surface area (Å²) < 4.78 is 16.0.